The lowest BCUT2D eigenvalue weighted by atomic mass is 10.1. The molecule has 0 saturated carbocycles. The molecule has 20 heavy (non-hydrogen) atoms. The van der Waals surface area contributed by atoms with Crippen LogP contribution in [0.15, 0.2) is 36.4 Å². The molecule has 0 heterocycles. The normalized spacial score (nSPS) is 9.85. The fraction of sp³-hybridized carbons (Fsp3) is 0.0667. The van der Waals surface area contributed by atoms with Crippen LogP contribution in [0.1, 0.15) is 21.5 Å². The van der Waals surface area contributed by atoms with Crippen LogP contribution in [-0.2, 0) is 0 Å². The van der Waals surface area contributed by atoms with Gasteiger partial charge < -0.3 is 10.4 Å². The third-order valence-corrected chi connectivity index (χ3v) is 2.83. The topological polar surface area (TPSA) is 73.1 Å². The Hall–Kier alpha value is -2.87. The van der Waals surface area contributed by atoms with E-state index in [1.54, 1.807) is 25.1 Å². The number of hydrogen-bond acceptors (Lipinski definition) is 3. The number of para-hydroxylation sites is 1. The van der Waals surface area contributed by atoms with Gasteiger partial charge in [0, 0.05) is 0 Å². The Morgan fingerprint density at radius 2 is 2.10 bits per heavy atom. The predicted molar refractivity (Wildman–Crippen MR) is 71.9 cm³/mol. The second-order valence-electron chi connectivity index (χ2n) is 4.23. The van der Waals surface area contributed by atoms with Crippen LogP contribution in [0.5, 0.6) is 5.75 Å². The molecule has 2 N–H and O–H groups in total. The van der Waals surface area contributed by atoms with Crippen LogP contribution in [0.25, 0.3) is 0 Å². The van der Waals surface area contributed by atoms with Gasteiger partial charge in [-0.1, -0.05) is 12.1 Å². The molecule has 0 aliphatic rings. The van der Waals surface area contributed by atoms with Gasteiger partial charge in [0.05, 0.1) is 22.9 Å². The number of anilines is 1. The second kappa shape index (κ2) is 5.41. The number of halogens is 1. The molecular formula is C15H11FN2O2. The van der Waals surface area contributed by atoms with E-state index in [0.717, 1.165) is 6.07 Å². The van der Waals surface area contributed by atoms with Gasteiger partial charge in [-0.05, 0) is 36.8 Å². The number of benzene rings is 2. The standard InChI is InChI=1S/C15H11FN2O2/c1-9-3-2-4-11(14(9)19)15(20)18-13-6-5-10(8-17)7-12(13)16/h2-7,19H,1H3,(H,18,20). The molecule has 0 bridgehead atoms. The van der Waals surface area contributed by atoms with Crippen molar-refractivity contribution < 1.29 is 14.3 Å². The van der Waals surface area contributed by atoms with Crippen molar-refractivity contribution in [2.45, 2.75) is 6.92 Å². The first-order chi connectivity index (χ1) is 9.52. The van der Waals surface area contributed by atoms with E-state index in [1.165, 1.54) is 18.2 Å². The molecule has 0 spiro atoms. The first-order valence-electron chi connectivity index (χ1n) is 5.82. The quantitative estimate of drug-likeness (QED) is 0.881. The summed E-state index contributed by atoms with van der Waals surface area (Å²) in [5.41, 5.74) is 0.737. The monoisotopic (exact) mass is 270 g/mol. The fourth-order valence-corrected chi connectivity index (χ4v) is 1.72. The summed E-state index contributed by atoms with van der Waals surface area (Å²) in [4.78, 5) is 12.0. The maximum Gasteiger partial charge on any atom is 0.259 e. The predicted octanol–water partition coefficient (Wildman–Crippen LogP) is 2.96. The molecular weight excluding hydrogens is 259 g/mol. The molecule has 2 aromatic rings. The van der Waals surface area contributed by atoms with E-state index in [0.29, 0.717) is 5.56 Å². The first kappa shape index (κ1) is 13.6. The number of phenols is 1. The average molecular weight is 270 g/mol. The highest BCUT2D eigenvalue weighted by atomic mass is 19.1. The number of nitrogens with zero attached hydrogens (tertiary/aromatic N) is 1. The summed E-state index contributed by atoms with van der Waals surface area (Å²) >= 11 is 0. The van der Waals surface area contributed by atoms with E-state index >= 15 is 0 Å². The van der Waals surface area contributed by atoms with Crippen molar-refractivity contribution in [3.05, 3.63) is 58.9 Å². The van der Waals surface area contributed by atoms with Gasteiger partial charge >= 0.3 is 0 Å². The maximum absolute atomic E-state index is 13.7. The van der Waals surface area contributed by atoms with E-state index in [-0.39, 0.29) is 22.6 Å². The number of amides is 1. The zero-order valence-electron chi connectivity index (χ0n) is 10.6. The van der Waals surface area contributed by atoms with Crippen molar-refractivity contribution >= 4 is 11.6 Å². The lowest BCUT2D eigenvalue weighted by molar-refractivity contribution is 0.102. The van der Waals surface area contributed by atoms with E-state index in [4.69, 9.17) is 5.26 Å². The summed E-state index contributed by atoms with van der Waals surface area (Å²) in [7, 11) is 0. The molecule has 2 rings (SSSR count). The molecule has 0 aliphatic carbocycles. The molecule has 0 saturated heterocycles. The van der Waals surface area contributed by atoms with Crippen LogP contribution in [0.3, 0.4) is 0 Å². The van der Waals surface area contributed by atoms with Crippen LogP contribution >= 0.6 is 0 Å². The molecule has 0 radical (unpaired) electrons. The van der Waals surface area contributed by atoms with Crippen molar-refractivity contribution in [3.8, 4) is 11.8 Å². The van der Waals surface area contributed by atoms with Crippen molar-refractivity contribution in [2.24, 2.45) is 0 Å². The van der Waals surface area contributed by atoms with Gasteiger partial charge in [0.25, 0.3) is 5.91 Å². The Balaban J connectivity index is 2.29. The van der Waals surface area contributed by atoms with Crippen LogP contribution < -0.4 is 5.32 Å². The molecule has 2 aromatic carbocycles. The molecule has 5 heteroatoms. The number of nitrogens with one attached hydrogen (secondary N) is 1. The number of carbonyl (C=O) groups excluding carboxylic acids is 1. The smallest absolute Gasteiger partial charge is 0.259 e. The maximum atomic E-state index is 13.7. The zero-order chi connectivity index (χ0) is 14.7. The van der Waals surface area contributed by atoms with Crippen LogP contribution in [0.2, 0.25) is 0 Å². The Labute approximate surface area is 115 Å². The van der Waals surface area contributed by atoms with Crippen molar-refractivity contribution in [3.63, 3.8) is 0 Å². The van der Waals surface area contributed by atoms with Crippen LogP contribution in [0.4, 0.5) is 10.1 Å². The van der Waals surface area contributed by atoms with E-state index in [1.807, 2.05) is 0 Å². The third-order valence-electron chi connectivity index (χ3n) is 2.83. The molecule has 0 fully saturated rings. The molecule has 1 amide bonds. The van der Waals surface area contributed by atoms with E-state index in [9.17, 15) is 14.3 Å². The highest BCUT2D eigenvalue weighted by Gasteiger charge is 2.14. The van der Waals surface area contributed by atoms with Gasteiger partial charge in [0.2, 0.25) is 0 Å². The summed E-state index contributed by atoms with van der Waals surface area (Å²) < 4.78 is 13.7. The number of aromatic hydroxyl groups is 1. The summed E-state index contributed by atoms with van der Waals surface area (Å²) in [6.07, 6.45) is 0. The van der Waals surface area contributed by atoms with Gasteiger partial charge in [0.1, 0.15) is 11.6 Å². The summed E-state index contributed by atoms with van der Waals surface area (Å²) in [6, 6.07) is 10.3. The molecule has 0 unspecified atom stereocenters. The summed E-state index contributed by atoms with van der Waals surface area (Å²) in [5, 5.41) is 20.8. The second-order valence-corrected chi connectivity index (χ2v) is 4.23. The highest BCUT2D eigenvalue weighted by Crippen LogP contribution is 2.23. The lowest BCUT2D eigenvalue weighted by Gasteiger charge is -2.09. The number of phenolic OH excluding ortho intramolecular Hbond substituents is 1. The summed E-state index contributed by atoms with van der Waals surface area (Å²) in [6.45, 7) is 1.66. The van der Waals surface area contributed by atoms with Crippen molar-refractivity contribution in [2.75, 3.05) is 5.32 Å². The van der Waals surface area contributed by atoms with Crippen molar-refractivity contribution in [1.29, 1.82) is 5.26 Å². The number of carbonyl (C=O) groups is 1. The number of aryl methyl sites for hydroxylation is 1. The minimum Gasteiger partial charge on any atom is -0.507 e. The van der Waals surface area contributed by atoms with E-state index < -0.39 is 11.7 Å². The molecule has 0 aromatic heterocycles. The molecule has 100 valence electrons. The average Bonchev–Trinajstić information content (AvgIpc) is 2.44. The largest absolute Gasteiger partial charge is 0.507 e. The van der Waals surface area contributed by atoms with Crippen LogP contribution in [0, 0.1) is 24.1 Å². The molecule has 0 aliphatic heterocycles. The summed E-state index contributed by atoms with van der Waals surface area (Å²) in [5.74, 6) is -1.46. The minimum absolute atomic E-state index is 0.0464. The van der Waals surface area contributed by atoms with Gasteiger partial charge in [0.15, 0.2) is 0 Å². The Morgan fingerprint density at radius 1 is 1.35 bits per heavy atom. The van der Waals surface area contributed by atoms with Crippen LogP contribution in [-0.4, -0.2) is 11.0 Å². The zero-order valence-corrected chi connectivity index (χ0v) is 10.6. The van der Waals surface area contributed by atoms with Gasteiger partial charge in [-0.3, -0.25) is 4.79 Å². The van der Waals surface area contributed by atoms with Gasteiger partial charge in [-0.15, -0.1) is 0 Å². The minimum atomic E-state index is -0.704. The van der Waals surface area contributed by atoms with E-state index in [2.05, 4.69) is 5.32 Å². The first-order valence-corrected chi connectivity index (χ1v) is 5.82. The molecule has 4 nitrogen and oxygen atoms in total. The van der Waals surface area contributed by atoms with Gasteiger partial charge in [-0.25, -0.2) is 4.39 Å². The highest BCUT2D eigenvalue weighted by molar-refractivity contribution is 6.06. The fourth-order valence-electron chi connectivity index (χ4n) is 1.72. The molecule has 0 atom stereocenters. The Kier molecular flexibility index (Phi) is 3.67. The Morgan fingerprint density at radius 3 is 2.75 bits per heavy atom. The number of rotatable bonds is 2. The Bertz CT molecular complexity index is 720. The third kappa shape index (κ3) is 2.59. The lowest BCUT2D eigenvalue weighted by Crippen LogP contribution is -2.13. The SMILES string of the molecule is Cc1cccc(C(=O)Nc2ccc(C#N)cc2F)c1O. The van der Waals surface area contributed by atoms with Crippen molar-refractivity contribution in [1.82, 2.24) is 0 Å². The number of nitriles is 1. The number of hydrogen-bond donors (Lipinski definition) is 2. The van der Waals surface area contributed by atoms with Gasteiger partial charge in [-0.2, -0.15) is 5.26 Å².